The van der Waals surface area contributed by atoms with Crippen molar-refractivity contribution < 1.29 is 52.1 Å². The summed E-state index contributed by atoms with van der Waals surface area (Å²) in [6.45, 7) is 3.06. The van der Waals surface area contributed by atoms with Crippen LogP contribution in [0.15, 0.2) is 77.4 Å². The number of fused-ring (bicyclic) bond motifs is 1. The first kappa shape index (κ1) is 38.9. The van der Waals surface area contributed by atoms with Crippen molar-refractivity contribution >= 4 is 45.6 Å². The molecule has 0 saturated carbocycles. The van der Waals surface area contributed by atoms with Crippen LogP contribution in [0.4, 0.5) is 4.79 Å². The second-order valence-electron chi connectivity index (χ2n) is 12.0. The molecule has 0 unspecified atom stereocenters. The predicted octanol–water partition coefficient (Wildman–Crippen LogP) is 1.58. The molecule has 0 bridgehead atoms. The van der Waals surface area contributed by atoms with Crippen molar-refractivity contribution in [3.63, 3.8) is 0 Å². The molecule has 0 fully saturated rings. The number of carbonyl (C=O) groups excluding carboxylic acids is 4. The van der Waals surface area contributed by atoms with Gasteiger partial charge in [-0.25, -0.2) is 13.2 Å². The average Bonchev–Trinajstić information content (AvgIpc) is 3.47. The summed E-state index contributed by atoms with van der Waals surface area (Å²) in [5, 5.41) is 29.3. The summed E-state index contributed by atoms with van der Waals surface area (Å²) in [7, 11) is -3.65. The van der Waals surface area contributed by atoms with Crippen molar-refractivity contribution in [2.24, 2.45) is 5.92 Å². The monoisotopic (exact) mass is 712 g/mol. The summed E-state index contributed by atoms with van der Waals surface area (Å²) < 4.78 is 28.4. The van der Waals surface area contributed by atoms with Gasteiger partial charge in [-0.1, -0.05) is 74.5 Å². The molecule has 0 heterocycles. The number of alkyl carbamates (subject to hydrolysis) is 1. The highest BCUT2D eigenvalue weighted by molar-refractivity contribution is 7.93. The number of nitrogens with one attached hydrogen (secondary N) is 4. The van der Waals surface area contributed by atoms with Crippen molar-refractivity contribution in [3.05, 3.63) is 94.0 Å². The van der Waals surface area contributed by atoms with E-state index in [1.165, 1.54) is 0 Å². The smallest absolute Gasteiger partial charge is 0.408 e. The Labute approximate surface area is 289 Å². The number of hydrogen-bond donors (Lipinski definition) is 6. The third-order valence-electron chi connectivity index (χ3n) is 7.47. The number of aliphatic carboxylic acids is 2. The maximum atomic E-state index is 13.9. The summed E-state index contributed by atoms with van der Waals surface area (Å²) in [6.07, 6.45) is -0.166. The van der Waals surface area contributed by atoms with E-state index in [1.54, 1.807) is 56.3 Å². The Balaban J connectivity index is 1.87. The second kappa shape index (κ2) is 17.8. The molecule has 0 saturated heterocycles. The fraction of sp³-hybridized carbons (Fsp3) is 0.353. The van der Waals surface area contributed by atoms with Crippen LogP contribution in [0.2, 0.25) is 0 Å². The number of carbonyl (C=O) groups is 6. The molecule has 16 heteroatoms. The number of ether oxygens (including phenoxy) is 1. The summed E-state index contributed by atoms with van der Waals surface area (Å²) in [6, 6.07) is 11.7. The highest BCUT2D eigenvalue weighted by atomic mass is 32.2. The lowest BCUT2D eigenvalue weighted by Crippen LogP contribution is -2.54. The van der Waals surface area contributed by atoms with Gasteiger partial charge in [0.25, 0.3) is 5.91 Å². The number of rotatable bonds is 16. The van der Waals surface area contributed by atoms with Gasteiger partial charge >= 0.3 is 18.0 Å². The number of amides is 4. The van der Waals surface area contributed by atoms with Crippen molar-refractivity contribution in [2.75, 3.05) is 6.26 Å². The third kappa shape index (κ3) is 12.5. The largest absolute Gasteiger partial charge is 0.481 e. The predicted molar refractivity (Wildman–Crippen MR) is 180 cm³/mol. The summed E-state index contributed by atoms with van der Waals surface area (Å²) >= 11 is 0. The molecule has 3 rings (SSSR count). The van der Waals surface area contributed by atoms with Crippen LogP contribution < -0.4 is 21.3 Å². The van der Waals surface area contributed by atoms with E-state index in [-0.39, 0.29) is 25.1 Å². The second-order valence-corrected chi connectivity index (χ2v) is 13.9. The van der Waals surface area contributed by atoms with Gasteiger partial charge in [0.2, 0.25) is 11.8 Å². The Hall–Kier alpha value is -5.51. The van der Waals surface area contributed by atoms with Crippen LogP contribution in [-0.2, 0) is 58.0 Å². The first-order chi connectivity index (χ1) is 23.5. The standard InChI is InChI=1S/C34H40N4O11S/c1-20(2)29(32(44)35-25(17-27(39)40)13-14-50(3,47)48)37-33(45)30(24-15-22-11-7-8-12-23(22)16-24)38-31(43)26(18-28(41)42)36-34(46)49-19-21-9-5-4-6-10-21/h4-14,20,25-26,29H,15-19H2,1-3H3,(H,35,44)(H,36,46)(H,37,45)(H,38,43)(H,39,40)(H,41,42)/b14-13+/t25-,26+,29+/m1/s1. The maximum Gasteiger partial charge on any atom is 0.408 e. The van der Waals surface area contributed by atoms with Gasteiger partial charge in [-0.3, -0.25) is 24.0 Å². The maximum absolute atomic E-state index is 13.9. The summed E-state index contributed by atoms with van der Waals surface area (Å²) in [5.74, 6) is -6.07. The molecule has 0 spiro atoms. The lowest BCUT2D eigenvalue weighted by atomic mass is 10.0. The van der Waals surface area contributed by atoms with E-state index in [0.717, 1.165) is 28.9 Å². The molecule has 0 aliphatic heterocycles. The minimum absolute atomic E-state index is 0.153. The highest BCUT2D eigenvalue weighted by Crippen LogP contribution is 2.28. The van der Waals surface area contributed by atoms with E-state index < -0.39 is 82.5 Å². The molecule has 6 N–H and O–H groups in total. The van der Waals surface area contributed by atoms with E-state index in [9.17, 15) is 47.4 Å². The molecule has 4 amide bonds. The number of carboxylic acids is 2. The Kier molecular flexibility index (Phi) is 13.8. The first-order valence-electron chi connectivity index (χ1n) is 15.5. The Morgan fingerprint density at radius 2 is 1.40 bits per heavy atom. The molecule has 0 aromatic heterocycles. The number of hydrogen-bond acceptors (Lipinski definition) is 9. The molecule has 50 heavy (non-hydrogen) atoms. The van der Waals surface area contributed by atoms with Crippen molar-refractivity contribution in [1.82, 2.24) is 21.3 Å². The van der Waals surface area contributed by atoms with Gasteiger partial charge in [-0.2, -0.15) is 0 Å². The van der Waals surface area contributed by atoms with E-state index >= 15 is 0 Å². The highest BCUT2D eigenvalue weighted by Gasteiger charge is 2.33. The third-order valence-corrected chi connectivity index (χ3v) is 8.12. The van der Waals surface area contributed by atoms with Gasteiger partial charge in [-0.15, -0.1) is 0 Å². The number of sulfone groups is 1. The number of carboxylic acid groups (broad SMARTS) is 2. The van der Waals surface area contributed by atoms with E-state index in [0.29, 0.717) is 11.1 Å². The van der Waals surface area contributed by atoms with Crippen LogP contribution in [0.5, 0.6) is 0 Å². The van der Waals surface area contributed by atoms with Crippen molar-refractivity contribution in [2.45, 2.75) is 64.3 Å². The molecule has 1 aliphatic carbocycles. The average molecular weight is 713 g/mol. The molecule has 268 valence electrons. The molecule has 1 aliphatic rings. The van der Waals surface area contributed by atoms with Gasteiger partial charge in [0, 0.05) is 11.7 Å². The van der Waals surface area contributed by atoms with E-state index in [4.69, 9.17) is 4.74 Å². The molecular formula is C34H40N4O11S. The normalized spacial score (nSPS) is 14.2. The van der Waals surface area contributed by atoms with Crippen molar-refractivity contribution in [1.29, 1.82) is 0 Å². The fourth-order valence-corrected chi connectivity index (χ4v) is 5.50. The molecule has 2 aromatic rings. The van der Waals surface area contributed by atoms with Gasteiger partial charge in [0.15, 0.2) is 9.84 Å². The van der Waals surface area contributed by atoms with Crippen LogP contribution in [0.25, 0.3) is 0 Å². The first-order valence-corrected chi connectivity index (χ1v) is 17.5. The van der Waals surface area contributed by atoms with Gasteiger partial charge in [-0.05, 0) is 41.0 Å². The van der Waals surface area contributed by atoms with Gasteiger partial charge in [0.1, 0.15) is 24.4 Å². The Bertz CT molecular complexity index is 1740. The minimum Gasteiger partial charge on any atom is -0.481 e. The van der Waals surface area contributed by atoms with Gasteiger partial charge in [0.05, 0.1) is 18.9 Å². The zero-order valence-corrected chi connectivity index (χ0v) is 28.5. The van der Waals surface area contributed by atoms with Crippen LogP contribution in [0.3, 0.4) is 0 Å². The van der Waals surface area contributed by atoms with Gasteiger partial charge < -0.3 is 36.2 Å². The molecular weight excluding hydrogens is 672 g/mol. The lowest BCUT2D eigenvalue weighted by Gasteiger charge is -2.25. The molecule has 15 nitrogen and oxygen atoms in total. The number of allylic oxidation sites excluding steroid dienone is 1. The van der Waals surface area contributed by atoms with Crippen LogP contribution in [0.1, 0.15) is 43.4 Å². The lowest BCUT2D eigenvalue weighted by molar-refractivity contribution is -0.140. The number of benzene rings is 2. The topological polar surface area (TPSA) is 234 Å². The zero-order chi connectivity index (χ0) is 37.0. The summed E-state index contributed by atoms with van der Waals surface area (Å²) in [5.41, 5.74) is 2.58. The summed E-state index contributed by atoms with van der Waals surface area (Å²) in [4.78, 5) is 76.4. The Morgan fingerprint density at radius 3 is 1.94 bits per heavy atom. The quantitative estimate of drug-likeness (QED) is 0.137. The zero-order valence-electron chi connectivity index (χ0n) is 27.7. The van der Waals surface area contributed by atoms with Crippen molar-refractivity contribution in [3.8, 4) is 0 Å². The minimum atomic E-state index is -3.65. The molecule has 3 atom stereocenters. The fourth-order valence-electron chi connectivity index (χ4n) is 5.02. The molecule has 2 aromatic carbocycles. The molecule has 0 radical (unpaired) electrons. The van der Waals surface area contributed by atoms with E-state index in [1.807, 2.05) is 12.1 Å². The van der Waals surface area contributed by atoms with Crippen LogP contribution >= 0.6 is 0 Å². The van der Waals surface area contributed by atoms with E-state index in [2.05, 4.69) is 21.3 Å². The Morgan fingerprint density at radius 1 is 0.820 bits per heavy atom. The van der Waals surface area contributed by atoms with Crippen LogP contribution in [-0.4, -0.2) is 78.8 Å². The van der Waals surface area contributed by atoms with Crippen LogP contribution in [0, 0.1) is 5.92 Å². The SMILES string of the molecule is CC(C)[C@H](NC(=O)C(NC(=O)[C@H](CC(=O)O)NC(=O)OCc1ccccc1)=C1Cc2ccccc2C1)C(=O)N[C@H](/C=C/S(C)(=O)=O)CC(=O)O.